The van der Waals surface area contributed by atoms with Gasteiger partial charge < -0.3 is 9.47 Å². The number of rotatable bonds is 4. The van der Waals surface area contributed by atoms with E-state index in [1.807, 2.05) is 18.2 Å². The van der Waals surface area contributed by atoms with Crippen molar-refractivity contribution in [1.29, 1.82) is 0 Å². The molecular weight excluding hydrogens is 356 g/mol. The second kappa shape index (κ2) is 5.82. The van der Waals surface area contributed by atoms with Crippen LogP contribution in [0.4, 0.5) is 0 Å². The second-order valence-electron chi connectivity index (χ2n) is 5.89. The molecular formula is C19H14O6S. The lowest BCUT2D eigenvalue weighted by atomic mass is 9.94. The van der Waals surface area contributed by atoms with Gasteiger partial charge in [-0.3, -0.25) is 4.55 Å². The summed E-state index contributed by atoms with van der Waals surface area (Å²) in [6.45, 7) is -0.225. The molecule has 132 valence electrons. The van der Waals surface area contributed by atoms with E-state index in [9.17, 15) is 17.8 Å². The van der Waals surface area contributed by atoms with E-state index in [2.05, 4.69) is 4.74 Å². The van der Waals surface area contributed by atoms with Gasteiger partial charge in [0.2, 0.25) is 0 Å². The monoisotopic (exact) mass is 370 g/mol. The molecule has 0 spiro atoms. The van der Waals surface area contributed by atoms with Gasteiger partial charge >= 0.3 is 5.97 Å². The summed E-state index contributed by atoms with van der Waals surface area (Å²) in [5.74, 6) is -0.00101. The molecule has 26 heavy (non-hydrogen) atoms. The molecule has 0 aliphatic heterocycles. The SMILES string of the molecule is COC(=O)COc1ccc2ccc3ccc(S(=O)(=O)O)c4ccc1c2c34. The number of carbonyl (C=O) groups is 1. The molecule has 0 amide bonds. The lowest BCUT2D eigenvalue weighted by molar-refractivity contribution is -0.142. The Morgan fingerprint density at radius 2 is 1.50 bits per heavy atom. The van der Waals surface area contributed by atoms with Crippen molar-refractivity contribution in [3.05, 3.63) is 48.5 Å². The molecule has 0 fully saturated rings. The minimum absolute atomic E-state index is 0.139. The lowest BCUT2D eigenvalue weighted by Gasteiger charge is -2.15. The predicted molar refractivity (Wildman–Crippen MR) is 97.5 cm³/mol. The number of esters is 1. The van der Waals surface area contributed by atoms with Crippen LogP contribution < -0.4 is 4.74 Å². The molecule has 0 aliphatic carbocycles. The van der Waals surface area contributed by atoms with Crippen LogP contribution in [0.15, 0.2) is 53.4 Å². The van der Waals surface area contributed by atoms with Crippen LogP contribution in [0, 0.1) is 0 Å². The Bertz CT molecular complexity index is 1260. The highest BCUT2D eigenvalue weighted by Gasteiger charge is 2.19. The van der Waals surface area contributed by atoms with Crippen molar-refractivity contribution in [3.8, 4) is 5.75 Å². The molecule has 6 nitrogen and oxygen atoms in total. The first-order valence-corrected chi connectivity index (χ1v) is 9.22. The third-order valence-electron chi connectivity index (χ3n) is 4.44. The highest BCUT2D eigenvalue weighted by Crippen LogP contribution is 2.40. The molecule has 0 heterocycles. The summed E-state index contributed by atoms with van der Waals surface area (Å²) in [4.78, 5) is 11.2. The maximum absolute atomic E-state index is 11.7. The van der Waals surface area contributed by atoms with E-state index in [1.165, 1.54) is 13.2 Å². The average molecular weight is 370 g/mol. The van der Waals surface area contributed by atoms with Gasteiger partial charge in [-0.2, -0.15) is 8.42 Å². The zero-order valence-corrected chi connectivity index (χ0v) is 14.5. The topological polar surface area (TPSA) is 89.9 Å². The zero-order chi connectivity index (χ0) is 18.5. The van der Waals surface area contributed by atoms with Gasteiger partial charge in [-0.05, 0) is 34.4 Å². The first kappa shape index (κ1) is 16.6. The molecule has 0 saturated heterocycles. The molecule has 0 saturated carbocycles. The van der Waals surface area contributed by atoms with E-state index >= 15 is 0 Å². The Balaban J connectivity index is 2.05. The van der Waals surface area contributed by atoms with Crippen LogP contribution in [0.1, 0.15) is 0 Å². The highest BCUT2D eigenvalue weighted by atomic mass is 32.2. The Morgan fingerprint density at radius 1 is 0.923 bits per heavy atom. The Labute approximate surface area is 149 Å². The highest BCUT2D eigenvalue weighted by molar-refractivity contribution is 7.86. The van der Waals surface area contributed by atoms with Gasteiger partial charge in [-0.15, -0.1) is 0 Å². The van der Waals surface area contributed by atoms with Crippen molar-refractivity contribution in [2.45, 2.75) is 4.90 Å². The smallest absolute Gasteiger partial charge is 0.343 e. The summed E-state index contributed by atoms with van der Waals surface area (Å²) in [6.07, 6.45) is 0. The largest absolute Gasteiger partial charge is 0.481 e. The van der Waals surface area contributed by atoms with E-state index < -0.39 is 16.1 Å². The van der Waals surface area contributed by atoms with Crippen LogP contribution in [-0.2, 0) is 19.6 Å². The molecule has 7 heteroatoms. The third kappa shape index (κ3) is 2.53. The van der Waals surface area contributed by atoms with E-state index in [4.69, 9.17) is 4.74 Å². The number of ether oxygens (including phenoxy) is 2. The summed E-state index contributed by atoms with van der Waals surface area (Å²) < 4.78 is 43.2. The van der Waals surface area contributed by atoms with Gasteiger partial charge in [0.15, 0.2) is 6.61 Å². The summed E-state index contributed by atoms with van der Waals surface area (Å²) in [6, 6.07) is 13.8. The maximum atomic E-state index is 11.7. The molecule has 0 bridgehead atoms. The van der Waals surface area contributed by atoms with Gasteiger partial charge in [0.05, 0.1) is 7.11 Å². The molecule has 4 rings (SSSR count). The van der Waals surface area contributed by atoms with Crippen molar-refractivity contribution in [3.63, 3.8) is 0 Å². The normalized spacial score (nSPS) is 12.1. The van der Waals surface area contributed by atoms with Crippen molar-refractivity contribution in [1.82, 2.24) is 0 Å². The molecule has 0 radical (unpaired) electrons. The lowest BCUT2D eigenvalue weighted by Crippen LogP contribution is -2.12. The van der Waals surface area contributed by atoms with Gasteiger partial charge in [-0.1, -0.05) is 30.3 Å². The number of carbonyl (C=O) groups excluding carboxylic acids is 1. The molecule has 0 unspecified atom stereocenters. The third-order valence-corrected chi connectivity index (χ3v) is 5.35. The van der Waals surface area contributed by atoms with Crippen LogP contribution in [0.3, 0.4) is 0 Å². The Morgan fingerprint density at radius 3 is 2.15 bits per heavy atom. The predicted octanol–water partition coefficient (Wildman–Crippen LogP) is 3.38. The Hall–Kier alpha value is -2.90. The number of hydrogen-bond donors (Lipinski definition) is 1. The summed E-state index contributed by atoms with van der Waals surface area (Å²) in [5.41, 5.74) is 0. The molecule has 0 aromatic heterocycles. The minimum atomic E-state index is -4.36. The maximum Gasteiger partial charge on any atom is 0.343 e. The molecule has 4 aromatic rings. The van der Waals surface area contributed by atoms with E-state index in [0.29, 0.717) is 11.1 Å². The van der Waals surface area contributed by atoms with Gasteiger partial charge in [0.1, 0.15) is 10.6 Å². The summed E-state index contributed by atoms with van der Waals surface area (Å²) >= 11 is 0. The quantitative estimate of drug-likeness (QED) is 0.336. The van der Waals surface area contributed by atoms with Gasteiger partial charge in [0.25, 0.3) is 10.1 Å². The zero-order valence-electron chi connectivity index (χ0n) is 13.7. The standard InChI is InChI=1S/C19H14O6S/c1-24-17(20)10-25-15-8-4-11-2-3-12-5-9-16(26(21,22)23)14-7-6-13(15)18(11)19(12)14/h2-9H,10H2,1H3,(H,21,22,23). The molecule has 1 N–H and O–H groups in total. The number of hydrogen-bond acceptors (Lipinski definition) is 5. The fourth-order valence-electron chi connectivity index (χ4n) is 3.29. The van der Waals surface area contributed by atoms with Crippen LogP contribution in [0.5, 0.6) is 5.75 Å². The van der Waals surface area contributed by atoms with Crippen molar-refractivity contribution in [2.24, 2.45) is 0 Å². The second-order valence-corrected chi connectivity index (χ2v) is 7.28. The Kier molecular flexibility index (Phi) is 3.71. The van der Waals surface area contributed by atoms with E-state index in [1.54, 1.807) is 24.3 Å². The van der Waals surface area contributed by atoms with E-state index in [-0.39, 0.29) is 11.5 Å². The van der Waals surface area contributed by atoms with Crippen molar-refractivity contribution < 1.29 is 27.2 Å². The molecule has 4 aromatic carbocycles. The fourth-order valence-corrected chi connectivity index (χ4v) is 3.98. The van der Waals surface area contributed by atoms with Crippen LogP contribution >= 0.6 is 0 Å². The number of benzene rings is 4. The summed E-state index contributed by atoms with van der Waals surface area (Å²) in [5, 5.41) is 4.46. The van der Waals surface area contributed by atoms with Gasteiger partial charge in [-0.25, -0.2) is 4.79 Å². The van der Waals surface area contributed by atoms with Crippen molar-refractivity contribution >= 4 is 48.4 Å². The van der Waals surface area contributed by atoms with Gasteiger partial charge in [0, 0.05) is 16.2 Å². The first-order chi connectivity index (χ1) is 12.4. The van der Waals surface area contributed by atoms with Crippen LogP contribution in [-0.4, -0.2) is 32.7 Å². The summed E-state index contributed by atoms with van der Waals surface area (Å²) in [7, 11) is -3.07. The molecule has 0 aliphatic rings. The van der Waals surface area contributed by atoms with Crippen LogP contribution in [0.25, 0.3) is 32.3 Å². The van der Waals surface area contributed by atoms with Crippen LogP contribution in [0.2, 0.25) is 0 Å². The van der Waals surface area contributed by atoms with E-state index in [0.717, 1.165) is 26.9 Å². The minimum Gasteiger partial charge on any atom is -0.481 e. The first-order valence-electron chi connectivity index (χ1n) is 7.78. The number of methoxy groups -OCH3 is 1. The fraction of sp³-hybridized carbons (Fsp3) is 0.105. The van der Waals surface area contributed by atoms with Crippen molar-refractivity contribution in [2.75, 3.05) is 13.7 Å². The molecule has 0 atom stereocenters. The average Bonchev–Trinajstić information content (AvgIpc) is 2.63.